The van der Waals surface area contributed by atoms with E-state index in [2.05, 4.69) is 152 Å². The second-order valence-electron chi connectivity index (χ2n) is 8.16. The SMILES string of the molecule is c1ccc(C(c2ccccc2)C(c2ccccc2)(c2ccccc2)c2ccccc2)cc1. The van der Waals surface area contributed by atoms with E-state index in [9.17, 15) is 0 Å². The van der Waals surface area contributed by atoms with Gasteiger partial charge in [-0.1, -0.05) is 152 Å². The predicted molar refractivity (Wildman–Crippen MR) is 134 cm³/mol. The van der Waals surface area contributed by atoms with Crippen LogP contribution in [0.5, 0.6) is 0 Å². The summed E-state index contributed by atoms with van der Waals surface area (Å²) < 4.78 is 0. The zero-order chi connectivity index (χ0) is 21.6. The molecule has 0 amide bonds. The van der Waals surface area contributed by atoms with Gasteiger partial charge in [0.2, 0.25) is 0 Å². The Bertz CT molecular complexity index is 1090. The second-order valence-corrected chi connectivity index (χ2v) is 8.16. The van der Waals surface area contributed by atoms with Crippen LogP contribution in [-0.4, -0.2) is 0 Å². The van der Waals surface area contributed by atoms with Crippen LogP contribution >= 0.6 is 0 Å². The third-order valence-corrected chi connectivity index (χ3v) is 6.39. The van der Waals surface area contributed by atoms with Gasteiger partial charge >= 0.3 is 0 Å². The quantitative estimate of drug-likeness (QED) is 0.250. The maximum Gasteiger partial charge on any atom is 0.0560 e. The van der Waals surface area contributed by atoms with Crippen LogP contribution < -0.4 is 0 Å². The number of rotatable bonds is 6. The first-order chi connectivity index (χ1) is 15.9. The average Bonchev–Trinajstić information content (AvgIpc) is 2.90. The van der Waals surface area contributed by atoms with Gasteiger partial charge in [-0.05, 0) is 27.8 Å². The molecule has 0 spiro atoms. The average molecular weight is 411 g/mol. The zero-order valence-electron chi connectivity index (χ0n) is 18.0. The molecule has 32 heavy (non-hydrogen) atoms. The molecule has 0 bridgehead atoms. The molecule has 0 heteroatoms. The first-order valence-electron chi connectivity index (χ1n) is 11.2. The van der Waals surface area contributed by atoms with Crippen LogP contribution in [0.25, 0.3) is 0 Å². The fourth-order valence-electron chi connectivity index (χ4n) is 5.09. The summed E-state index contributed by atoms with van der Waals surface area (Å²) in [6.07, 6.45) is 0. The summed E-state index contributed by atoms with van der Waals surface area (Å²) >= 11 is 0. The molecular formula is C32H26. The van der Waals surface area contributed by atoms with E-state index in [1.54, 1.807) is 0 Å². The van der Waals surface area contributed by atoms with Crippen molar-refractivity contribution in [2.75, 3.05) is 0 Å². The number of hydrogen-bond acceptors (Lipinski definition) is 0. The van der Waals surface area contributed by atoms with Gasteiger partial charge in [0.1, 0.15) is 0 Å². The molecule has 154 valence electrons. The highest BCUT2D eigenvalue weighted by Gasteiger charge is 2.45. The maximum atomic E-state index is 2.28. The monoisotopic (exact) mass is 410 g/mol. The Kier molecular flexibility index (Phi) is 5.68. The van der Waals surface area contributed by atoms with Crippen LogP contribution in [0.4, 0.5) is 0 Å². The maximum absolute atomic E-state index is 2.28. The van der Waals surface area contributed by atoms with Crippen molar-refractivity contribution in [1.82, 2.24) is 0 Å². The normalized spacial score (nSPS) is 11.4. The lowest BCUT2D eigenvalue weighted by Gasteiger charge is -2.43. The fourth-order valence-corrected chi connectivity index (χ4v) is 5.09. The van der Waals surface area contributed by atoms with Gasteiger partial charge in [0.05, 0.1) is 5.41 Å². The first-order valence-corrected chi connectivity index (χ1v) is 11.2. The van der Waals surface area contributed by atoms with Crippen LogP contribution in [0.2, 0.25) is 0 Å². The molecule has 0 saturated heterocycles. The van der Waals surface area contributed by atoms with Crippen LogP contribution in [0.3, 0.4) is 0 Å². The molecule has 0 aliphatic carbocycles. The molecule has 0 aliphatic heterocycles. The molecule has 0 radical (unpaired) electrons. The zero-order valence-corrected chi connectivity index (χ0v) is 18.0. The third-order valence-electron chi connectivity index (χ3n) is 6.39. The van der Waals surface area contributed by atoms with Crippen molar-refractivity contribution in [3.05, 3.63) is 179 Å². The molecule has 5 rings (SSSR count). The molecule has 0 nitrogen and oxygen atoms in total. The van der Waals surface area contributed by atoms with E-state index in [0.29, 0.717) is 0 Å². The lowest BCUT2D eigenvalue weighted by atomic mass is 9.58. The van der Waals surface area contributed by atoms with Crippen LogP contribution in [-0.2, 0) is 5.41 Å². The van der Waals surface area contributed by atoms with Crippen molar-refractivity contribution < 1.29 is 0 Å². The highest BCUT2D eigenvalue weighted by Crippen LogP contribution is 2.52. The van der Waals surface area contributed by atoms with E-state index in [-0.39, 0.29) is 5.92 Å². The standard InChI is InChI=1S/C32H26/c1-6-16-26(17-7-1)31(27-18-8-2-9-19-27)32(28-20-10-3-11-21-28,29-22-12-4-13-23-29)30-24-14-5-15-25-30/h1-25,31H. The van der Waals surface area contributed by atoms with Crippen molar-refractivity contribution in [2.45, 2.75) is 11.3 Å². The van der Waals surface area contributed by atoms with Crippen molar-refractivity contribution in [3.8, 4) is 0 Å². The van der Waals surface area contributed by atoms with E-state index in [1.165, 1.54) is 27.8 Å². The highest BCUT2D eigenvalue weighted by molar-refractivity contribution is 5.58. The van der Waals surface area contributed by atoms with Gasteiger partial charge in [-0.2, -0.15) is 0 Å². The molecule has 0 heterocycles. The first kappa shape index (κ1) is 20.0. The summed E-state index contributed by atoms with van der Waals surface area (Å²) in [6.45, 7) is 0. The molecular weight excluding hydrogens is 384 g/mol. The third kappa shape index (κ3) is 3.55. The van der Waals surface area contributed by atoms with Crippen molar-refractivity contribution in [1.29, 1.82) is 0 Å². The topological polar surface area (TPSA) is 0 Å². The lowest BCUT2D eigenvalue weighted by molar-refractivity contribution is 0.537. The van der Waals surface area contributed by atoms with Gasteiger partial charge in [0.25, 0.3) is 0 Å². The van der Waals surface area contributed by atoms with Crippen molar-refractivity contribution in [3.63, 3.8) is 0 Å². The summed E-state index contributed by atoms with van der Waals surface area (Å²) in [5, 5.41) is 0. The van der Waals surface area contributed by atoms with Crippen molar-refractivity contribution >= 4 is 0 Å². The molecule has 0 saturated carbocycles. The fraction of sp³-hybridized carbons (Fsp3) is 0.0625. The van der Waals surface area contributed by atoms with E-state index >= 15 is 0 Å². The van der Waals surface area contributed by atoms with Gasteiger partial charge in [0.15, 0.2) is 0 Å². The van der Waals surface area contributed by atoms with E-state index in [4.69, 9.17) is 0 Å². The molecule has 0 aliphatic rings. The molecule has 0 atom stereocenters. The summed E-state index contributed by atoms with van der Waals surface area (Å²) in [5.41, 5.74) is 6.07. The van der Waals surface area contributed by atoms with E-state index < -0.39 is 5.41 Å². The summed E-state index contributed by atoms with van der Waals surface area (Å²) in [5.74, 6) is 0.0945. The van der Waals surface area contributed by atoms with Gasteiger partial charge in [-0.25, -0.2) is 0 Å². The van der Waals surface area contributed by atoms with E-state index in [0.717, 1.165) is 0 Å². The largest absolute Gasteiger partial charge is 0.0622 e. The summed E-state index contributed by atoms with van der Waals surface area (Å²) in [7, 11) is 0. The molecule has 0 N–H and O–H groups in total. The minimum Gasteiger partial charge on any atom is -0.0622 e. The van der Waals surface area contributed by atoms with Crippen LogP contribution in [0.15, 0.2) is 152 Å². The highest BCUT2D eigenvalue weighted by atomic mass is 14.5. The minimum atomic E-state index is -0.396. The van der Waals surface area contributed by atoms with Gasteiger partial charge in [-0.15, -0.1) is 0 Å². The van der Waals surface area contributed by atoms with Crippen LogP contribution in [0.1, 0.15) is 33.7 Å². The molecule has 5 aromatic carbocycles. The second kappa shape index (κ2) is 9.08. The Morgan fingerprint density at radius 3 is 0.844 bits per heavy atom. The Balaban J connectivity index is 1.94. The van der Waals surface area contributed by atoms with Gasteiger partial charge in [-0.3, -0.25) is 0 Å². The van der Waals surface area contributed by atoms with Gasteiger partial charge in [0, 0.05) is 5.92 Å². The Labute approximate surface area is 190 Å². The minimum absolute atomic E-state index is 0.0945. The molecule has 5 aromatic rings. The predicted octanol–water partition coefficient (Wildman–Crippen LogP) is 7.85. The van der Waals surface area contributed by atoms with Gasteiger partial charge < -0.3 is 0 Å². The Morgan fingerprint density at radius 1 is 0.312 bits per heavy atom. The molecule has 0 unspecified atom stereocenters. The lowest BCUT2D eigenvalue weighted by Crippen LogP contribution is -2.37. The Morgan fingerprint density at radius 2 is 0.562 bits per heavy atom. The van der Waals surface area contributed by atoms with E-state index in [1.807, 2.05) is 0 Å². The smallest absolute Gasteiger partial charge is 0.0560 e. The molecule has 0 aromatic heterocycles. The van der Waals surface area contributed by atoms with Crippen LogP contribution in [0, 0.1) is 0 Å². The number of benzene rings is 5. The number of hydrogen-bond donors (Lipinski definition) is 0. The Hall–Kier alpha value is -3.90. The van der Waals surface area contributed by atoms with Crippen molar-refractivity contribution in [2.24, 2.45) is 0 Å². The molecule has 0 fully saturated rings. The summed E-state index contributed by atoms with van der Waals surface area (Å²) in [6, 6.07) is 54.8. The summed E-state index contributed by atoms with van der Waals surface area (Å²) in [4.78, 5) is 0.